The van der Waals surface area contributed by atoms with E-state index in [1.54, 1.807) is 31.5 Å². The summed E-state index contributed by atoms with van der Waals surface area (Å²) in [5.74, 6) is 1.94. The van der Waals surface area contributed by atoms with Crippen LogP contribution in [0.25, 0.3) is 0 Å². The van der Waals surface area contributed by atoms with Crippen molar-refractivity contribution in [3.8, 4) is 0 Å². The van der Waals surface area contributed by atoms with E-state index in [1.807, 2.05) is 19.9 Å². The molecule has 1 saturated heterocycles. The SMILES string of the molecule is Cc1cc(N2CCCC(c3ncc(C(=O)N(C)C)c(C)n3)C2)ncn1. The first-order valence-electron chi connectivity index (χ1n) is 8.54. The van der Waals surface area contributed by atoms with Gasteiger partial charge in [-0.3, -0.25) is 4.79 Å². The molecule has 2 aromatic rings. The minimum atomic E-state index is -0.0641. The Morgan fingerprint density at radius 3 is 2.72 bits per heavy atom. The van der Waals surface area contributed by atoms with Gasteiger partial charge in [-0.1, -0.05) is 0 Å². The van der Waals surface area contributed by atoms with Crippen LogP contribution in [0.1, 0.15) is 46.3 Å². The maximum absolute atomic E-state index is 12.1. The van der Waals surface area contributed by atoms with Gasteiger partial charge < -0.3 is 9.80 Å². The standard InChI is InChI=1S/C18H24N6O/c1-12-8-16(21-11-20-12)24-7-5-6-14(10-24)17-19-9-15(13(2)22-17)18(25)23(3)4/h8-9,11,14H,5-7,10H2,1-4H3. The highest BCUT2D eigenvalue weighted by molar-refractivity contribution is 5.94. The average molecular weight is 340 g/mol. The van der Waals surface area contributed by atoms with Gasteiger partial charge >= 0.3 is 0 Å². The second-order valence-corrected chi connectivity index (χ2v) is 6.73. The summed E-state index contributed by atoms with van der Waals surface area (Å²) in [4.78, 5) is 33.6. The van der Waals surface area contributed by atoms with Crippen LogP contribution >= 0.6 is 0 Å². The molecule has 1 fully saturated rings. The molecule has 0 bridgehead atoms. The minimum absolute atomic E-state index is 0.0641. The highest BCUT2D eigenvalue weighted by Crippen LogP contribution is 2.27. The summed E-state index contributed by atoms with van der Waals surface area (Å²) in [6, 6.07) is 2.01. The summed E-state index contributed by atoms with van der Waals surface area (Å²) in [5, 5.41) is 0. The van der Waals surface area contributed by atoms with Gasteiger partial charge in [-0.25, -0.2) is 19.9 Å². The quantitative estimate of drug-likeness (QED) is 0.850. The van der Waals surface area contributed by atoms with Crippen LogP contribution in [0.5, 0.6) is 0 Å². The van der Waals surface area contributed by atoms with E-state index in [0.717, 1.165) is 49.0 Å². The Morgan fingerprint density at radius 1 is 1.24 bits per heavy atom. The van der Waals surface area contributed by atoms with E-state index in [9.17, 15) is 4.79 Å². The third-order valence-corrected chi connectivity index (χ3v) is 4.53. The molecule has 0 radical (unpaired) electrons. The molecule has 0 aromatic carbocycles. The van der Waals surface area contributed by atoms with Crippen molar-refractivity contribution in [2.75, 3.05) is 32.1 Å². The molecule has 1 aliphatic heterocycles. The molecule has 132 valence electrons. The molecule has 25 heavy (non-hydrogen) atoms. The van der Waals surface area contributed by atoms with Crippen LogP contribution in [0.2, 0.25) is 0 Å². The van der Waals surface area contributed by atoms with Crippen molar-refractivity contribution < 1.29 is 4.79 Å². The first-order chi connectivity index (χ1) is 12.0. The summed E-state index contributed by atoms with van der Waals surface area (Å²) in [7, 11) is 3.47. The van der Waals surface area contributed by atoms with E-state index >= 15 is 0 Å². The Balaban J connectivity index is 1.80. The lowest BCUT2D eigenvalue weighted by atomic mass is 9.97. The third-order valence-electron chi connectivity index (χ3n) is 4.53. The van der Waals surface area contributed by atoms with Crippen molar-refractivity contribution in [2.24, 2.45) is 0 Å². The largest absolute Gasteiger partial charge is 0.356 e. The monoisotopic (exact) mass is 340 g/mol. The van der Waals surface area contributed by atoms with Gasteiger partial charge in [0.15, 0.2) is 0 Å². The topological polar surface area (TPSA) is 75.1 Å². The number of amides is 1. The van der Waals surface area contributed by atoms with Crippen LogP contribution in [0.3, 0.4) is 0 Å². The molecule has 1 amide bonds. The normalized spacial score (nSPS) is 17.4. The number of carbonyl (C=O) groups is 1. The van der Waals surface area contributed by atoms with Crippen LogP contribution in [-0.2, 0) is 0 Å². The van der Waals surface area contributed by atoms with Gasteiger partial charge in [0.1, 0.15) is 18.0 Å². The molecule has 3 rings (SSSR count). The van der Waals surface area contributed by atoms with Crippen LogP contribution in [0, 0.1) is 13.8 Å². The number of nitrogens with zero attached hydrogens (tertiary/aromatic N) is 6. The molecular formula is C18H24N6O. The number of hydrogen-bond acceptors (Lipinski definition) is 6. The zero-order chi connectivity index (χ0) is 18.0. The van der Waals surface area contributed by atoms with Crippen molar-refractivity contribution in [2.45, 2.75) is 32.6 Å². The highest BCUT2D eigenvalue weighted by atomic mass is 16.2. The van der Waals surface area contributed by atoms with Crippen molar-refractivity contribution in [1.82, 2.24) is 24.8 Å². The molecule has 1 unspecified atom stereocenters. The Kier molecular flexibility index (Phi) is 4.92. The molecule has 1 aliphatic rings. The van der Waals surface area contributed by atoms with E-state index < -0.39 is 0 Å². The summed E-state index contributed by atoms with van der Waals surface area (Å²) in [5.41, 5.74) is 2.26. The van der Waals surface area contributed by atoms with Crippen molar-refractivity contribution in [3.63, 3.8) is 0 Å². The fourth-order valence-electron chi connectivity index (χ4n) is 3.14. The third kappa shape index (κ3) is 3.75. The van der Waals surface area contributed by atoms with Crippen molar-refractivity contribution >= 4 is 11.7 Å². The Hall–Kier alpha value is -2.57. The fourth-order valence-corrected chi connectivity index (χ4v) is 3.14. The molecular weight excluding hydrogens is 316 g/mol. The molecule has 1 atom stereocenters. The highest BCUT2D eigenvalue weighted by Gasteiger charge is 2.25. The van der Waals surface area contributed by atoms with E-state index in [2.05, 4.69) is 24.8 Å². The molecule has 0 spiro atoms. The lowest BCUT2D eigenvalue weighted by Gasteiger charge is -2.33. The van der Waals surface area contributed by atoms with Crippen LogP contribution in [0.4, 0.5) is 5.82 Å². The van der Waals surface area contributed by atoms with Gasteiger partial charge in [0, 0.05) is 51.1 Å². The Morgan fingerprint density at radius 2 is 2.04 bits per heavy atom. The maximum atomic E-state index is 12.1. The summed E-state index contributed by atoms with van der Waals surface area (Å²) in [6.45, 7) is 5.65. The maximum Gasteiger partial charge on any atom is 0.256 e. The summed E-state index contributed by atoms with van der Waals surface area (Å²) in [6.07, 6.45) is 5.37. The van der Waals surface area contributed by atoms with E-state index in [4.69, 9.17) is 0 Å². The summed E-state index contributed by atoms with van der Waals surface area (Å²) >= 11 is 0. The summed E-state index contributed by atoms with van der Waals surface area (Å²) < 4.78 is 0. The molecule has 7 heteroatoms. The molecule has 0 aliphatic carbocycles. The number of aromatic nitrogens is 4. The Bertz CT molecular complexity index is 776. The number of piperidine rings is 1. The molecule has 3 heterocycles. The zero-order valence-corrected chi connectivity index (χ0v) is 15.2. The molecule has 2 aromatic heterocycles. The zero-order valence-electron chi connectivity index (χ0n) is 15.2. The van der Waals surface area contributed by atoms with Crippen molar-refractivity contribution in [3.05, 3.63) is 41.4 Å². The number of anilines is 1. The first-order valence-corrected chi connectivity index (χ1v) is 8.54. The predicted molar refractivity (Wildman–Crippen MR) is 95.7 cm³/mol. The smallest absolute Gasteiger partial charge is 0.256 e. The lowest BCUT2D eigenvalue weighted by Crippen LogP contribution is -2.35. The van der Waals surface area contributed by atoms with Gasteiger partial charge in [0.25, 0.3) is 5.91 Å². The van der Waals surface area contributed by atoms with E-state index in [0.29, 0.717) is 5.56 Å². The number of hydrogen-bond donors (Lipinski definition) is 0. The van der Waals surface area contributed by atoms with Gasteiger partial charge in [-0.2, -0.15) is 0 Å². The number of rotatable bonds is 3. The van der Waals surface area contributed by atoms with Crippen molar-refractivity contribution in [1.29, 1.82) is 0 Å². The lowest BCUT2D eigenvalue weighted by molar-refractivity contribution is 0.0826. The van der Waals surface area contributed by atoms with Crippen LogP contribution in [-0.4, -0.2) is 57.9 Å². The van der Waals surface area contributed by atoms with Gasteiger partial charge in [-0.15, -0.1) is 0 Å². The molecule has 0 N–H and O–H groups in total. The van der Waals surface area contributed by atoms with Gasteiger partial charge in [-0.05, 0) is 26.7 Å². The van der Waals surface area contributed by atoms with E-state index in [1.165, 1.54) is 0 Å². The predicted octanol–water partition coefficient (Wildman–Crippen LogP) is 1.97. The van der Waals surface area contributed by atoms with E-state index in [-0.39, 0.29) is 11.8 Å². The number of carbonyl (C=O) groups excluding carboxylic acids is 1. The minimum Gasteiger partial charge on any atom is -0.356 e. The van der Waals surface area contributed by atoms with Crippen LogP contribution in [0.15, 0.2) is 18.6 Å². The molecule has 7 nitrogen and oxygen atoms in total. The van der Waals surface area contributed by atoms with Crippen LogP contribution < -0.4 is 4.90 Å². The first kappa shape index (κ1) is 17.3. The van der Waals surface area contributed by atoms with Gasteiger partial charge in [0.05, 0.1) is 11.3 Å². The second-order valence-electron chi connectivity index (χ2n) is 6.73. The fraction of sp³-hybridized carbons (Fsp3) is 0.500. The van der Waals surface area contributed by atoms with Gasteiger partial charge in [0.2, 0.25) is 0 Å². The Labute approximate surface area is 148 Å². The molecule has 0 saturated carbocycles. The average Bonchev–Trinajstić information content (AvgIpc) is 2.61. The second kappa shape index (κ2) is 7.13. The number of aryl methyl sites for hydroxylation is 2.